The Morgan fingerprint density at radius 1 is 1.34 bits per heavy atom. The van der Waals surface area contributed by atoms with E-state index < -0.39 is 49.1 Å². The van der Waals surface area contributed by atoms with Crippen molar-refractivity contribution in [2.75, 3.05) is 6.54 Å². The van der Waals surface area contributed by atoms with Gasteiger partial charge in [0.1, 0.15) is 8.42 Å². The molecule has 1 aliphatic rings. The van der Waals surface area contributed by atoms with Crippen LogP contribution < -0.4 is 10.5 Å². The zero-order chi connectivity index (χ0) is 22.7. The first-order valence-electron chi connectivity index (χ1n) is 8.42. The van der Waals surface area contributed by atoms with Crippen molar-refractivity contribution in [3.63, 3.8) is 0 Å². The van der Waals surface area contributed by atoms with E-state index in [0.29, 0.717) is 18.5 Å². The number of fused-ring (bicyclic) bond motifs is 1. The molecule has 1 aromatic heterocycles. The van der Waals surface area contributed by atoms with Gasteiger partial charge in [-0.15, -0.1) is 11.3 Å². The third-order valence-corrected chi connectivity index (χ3v) is 9.60. The Hall–Kier alpha value is -1.58. The molecule has 6 N–H and O–H groups in total. The van der Waals surface area contributed by atoms with E-state index in [1.807, 2.05) is 6.92 Å². The number of aliphatic hydroxyl groups is 1. The third kappa shape index (κ3) is 5.96. The summed E-state index contributed by atoms with van der Waals surface area (Å²) in [6.45, 7) is 5.36. The summed E-state index contributed by atoms with van der Waals surface area (Å²) >= 11 is 0.742. The minimum absolute atomic E-state index is 0.0990. The molecule has 0 saturated heterocycles. The van der Waals surface area contributed by atoms with Gasteiger partial charge >= 0.3 is 11.9 Å². The molecular weight excluding hydrogens is 448 g/mol. The van der Waals surface area contributed by atoms with Gasteiger partial charge in [-0.2, -0.15) is 0 Å². The normalized spacial score (nSPS) is 22.5. The summed E-state index contributed by atoms with van der Waals surface area (Å²) in [4.78, 5) is 20.0. The van der Waals surface area contributed by atoms with Gasteiger partial charge in [0, 0.05) is 11.6 Å². The van der Waals surface area contributed by atoms with Crippen LogP contribution in [-0.2, 0) is 29.4 Å². The highest BCUT2D eigenvalue weighted by Crippen LogP contribution is 2.42. The van der Waals surface area contributed by atoms with Gasteiger partial charge in [-0.25, -0.2) is 26.8 Å². The number of sulfone groups is 1. The molecule has 4 unspecified atom stereocenters. The smallest absolute Gasteiger partial charge is 0.333 e. The zero-order valence-electron chi connectivity index (χ0n) is 15.9. The molecule has 0 aliphatic carbocycles. The quantitative estimate of drug-likeness (QED) is 0.368. The summed E-state index contributed by atoms with van der Waals surface area (Å²) in [5, 5.41) is 32.6. The van der Waals surface area contributed by atoms with Crippen molar-refractivity contribution in [1.82, 2.24) is 5.32 Å². The molecule has 2 rings (SSSR count). The van der Waals surface area contributed by atoms with Crippen LogP contribution in [0.2, 0.25) is 0 Å². The first kappa shape index (κ1) is 25.5. The molecular formula is C15H24N2O9S3. The number of aliphatic carboxylic acids is 2. The van der Waals surface area contributed by atoms with Gasteiger partial charge in [0.05, 0.1) is 11.2 Å². The number of nitrogens with one attached hydrogen (secondary N) is 1. The Labute approximate surface area is 172 Å². The first-order valence-corrected chi connectivity index (χ1v) is 12.3. The second-order valence-electron chi connectivity index (χ2n) is 6.46. The van der Waals surface area contributed by atoms with E-state index in [9.17, 15) is 26.4 Å². The molecule has 2 heterocycles. The predicted molar refractivity (Wildman–Crippen MR) is 104 cm³/mol. The summed E-state index contributed by atoms with van der Waals surface area (Å²) in [5.74, 6) is -4.11. The summed E-state index contributed by atoms with van der Waals surface area (Å²) < 4.78 is 47.3. The van der Waals surface area contributed by atoms with Crippen LogP contribution in [0.5, 0.6) is 0 Å². The van der Waals surface area contributed by atoms with E-state index in [0.717, 1.165) is 18.3 Å². The number of primary sulfonamides is 1. The number of carbonyl (C=O) groups is 2. The van der Waals surface area contributed by atoms with Gasteiger partial charge in [0.15, 0.2) is 15.9 Å². The van der Waals surface area contributed by atoms with Gasteiger partial charge in [-0.1, -0.05) is 6.92 Å². The Morgan fingerprint density at radius 3 is 2.28 bits per heavy atom. The molecule has 14 heteroatoms. The van der Waals surface area contributed by atoms with E-state index in [1.165, 1.54) is 6.07 Å². The highest BCUT2D eigenvalue weighted by Gasteiger charge is 2.39. The van der Waals surface area contributed by atoms with Gasteiger partial charge in [-0.05, 0) is 32.9 Å². The lowest BCUT2D eigenvalue weighted by atomic mass is 10.1. The minimum Gasteiger partial charge on any atom is -0.481 e. The fourth-order valence-corrected chi connectivity index (χ4v) is 6.95. The average Bonchev–Trinajstić information content (AvgIpc) is 3.06. The van der Waals surface area contributed by atoms with Crippen LogP contribution in [0.25, 0.3) is 0 Å². The van der Waals surface area contributed by atoms with Crippen LogP contribution >= 0.6 is 11.3 Å². The standard InChI is InChI=1S/C10H16N2O4S3.C5H8O5/c1-3-12-8-4-6(2)18(13,14)10-7(8)5-9(17-10)19(11,15)16;1-2(4(7)8)3(6)5(9)10/h5-6,8,12H,3-4H2,1-2H3,(H2,11,15,16);2-3,6H,1H3,(H,7,8)(H,9,10). The zero-order valence-corrected chi connectivity index (χ0v) is 18.3. The van der Waals surface area contributed by atoms with Crippen LogP contribution in [-0.4, -0.2) is 62.0 Å². The monoisotopic (exact) mass is 472 g/mol. The topological polar surface area (TPSA) is 201 Å². The Morgan fingerprint density at radius 2 is 1.90 bits per heavy atom. The van der Waals surface area contributed by atoms with Crippen LogP contribution in [0.3, 0.4) is 0 Å². The number of nitrogens with two attached hydrogens (primary N) is 1. The maximum atomic E-state index is 12.2. The number of carboxylic acid groups (broad SMARTS) is 2. The number of carboxylic acids is 2. The van der Waals surface area contributed by atoms with Gasteiger partial charge < -0.3 is 20.6 Å². The minimum atomic E-state index is -3.88. The lowest BCUT2D eigenvalue weighted by Crippen LogP contribution is -2.33. The van der Waals surface area contributed by atoms with Crippen molar-refractivity contribution in [1.29, 1.82) is 0 Å². The second kappa shape index (κ2) is 9.49. The number of hydrogen-bond donors (Lipinski definition) is 5. The van der Waals surface area contributed by atoms with Gasteiger partial charge in [-0.3, -0.25) is 4.79 Å². The van der Waals surface area contributed by atoms with Crippen LogP contribution in [0.4, 0.5) is 0 Å². The fourth-order valence-electron chi connectivity index (χ4n) is 2.53. The number of thiophene rings is 1. The maximum Gasteiger partial charge on any atom is 0.333 e. The summed E-state index contributed by atoms with van der Waals surface area (Å²) in [5.41, 5.74) is 0.522. The number of aliphatic hydroxyl groups excluding tert-OH is 1. The van der Waals surface area contributed by atoms with E-state index in [1.54, 1.807) is 6.92 Å². The molecule has 0 aromatic carbocycles. The molecule has 0 spiro atoms. The molecule has 1 aliphatic heterocycles. The molecule has 29 heavy (non-hydrogen) atoms. The van der Waals surface area contributed by atoms with E-state index >= 15 is 0 Å². The second-order valence-corrected chi connectivity index (χ2v) is 11.9. The van der Waals surface area contributed by atoms with Crippen molar-refractivity contribution >= 4 is 43.1 Å². The Balaban J connectivity index is 0.000000359. The van der Waals surface area contributed by atoms with Gasteiger partial charge in [0.25, 0.3) is 0 Å². The lowest BCUT2D eigenvalue weighted by molar-refractivity contribution is -0.158. The molecule has 11 nitrogen and oxygen atoms in total. The SMILES string of the molecule is CC(C(=O)O)C(O)C(=O)O.CCNC1CC(C)S(=O)(=O)c2sc(S(N)(=O)=O)cc21. The highest BCUT2D eigenvalue weighted by atomic mass is 32.3. The highest BCUT2D eigenvalue weighted by molar-refractivity contribution is 7.95. The molecule has 0 saturated carbocycles. The summed E-state index contributed by atoms with van der Waals surface area (Å²) in [6.07, 6.45) is -1.39. The molecule has 0 amide bonds. The molecule has 1 aromatic rings. The van der Waals surface area contributed by atoms with Crippen LogP contribution in [0.15, 0.2) is 14.5 Å². The Kier molecular flexibility index (Phi) is 8.33. The van der Waals surface area contributed by atoms with Crippen molar-refractivity contribution in [2.24, 2.45) is 11.1 Å². The van der Waals surface area contributed by atoms with Crippen LogP contribution in [0.1, 0.15) is 38.8 Å². The average molecular weight is 473 g/mol. The molecule has 4 atom stereocenters. The Bertz CT molecular complexity index is 951. The first-order chi connectivity index (χ1) is 13.1. The van der Waals surface area contributed by atoms with Crippen molar-refractivity contribution in [3.05, 3.63) is 11.6 Å². The van der Waals surface area contributed by atoms with Gasteiger partial charge in [0.2, 0.25) is 10.0 Å². The fraction of sp³-hybridized carbons (Fsp3) is 0.600. The molecule has 0 radical (unpaired) electrons. The van der Waals surface area contributed by atoms with E-state index in [4.69, 9.17) is 20.5 Å². The van der Waals surface area contributed by atoms with Crippen molar-refractivity contribution in [3.8, 4) is 0 Å². The van der Waals surface area contributed by atoms with Crippen molar-refractivity contribution in [2.45, 2.75) is 53.0 Å². The maximum absolute atomic E-state index is 12.2. The van der Waals surface area contributed by atoms with E-state index in [-0.39, 0.29) is 14.5 Å². The number of hydrogen-bond acceptors (Lipinski definition) is 9. The number of rotatable bonds is 6. The van der Waals surface area contributed by atoms with E-state index in [2.05, 4.69) is 5.32 Å². The third-order valence-electron chi connectivity index (χ3n) is 4.28. The number of sulfonamides is 1. The van der Waals surface area contributed by atoms with Crippen molar-refractivity contribution < 1.29 is 41.7 Å². The molecule has 166 valence electrons. The largest absolute Gasteiger partial charge is 0.481 e. The molecule has 0 fully saturated rings. The van der Waals surface area contributed by atoms with Crippen LogP contribution in [0, 0.1) is 5.92 Å². The predicted octanol–water partition coefficient (Wildman–Crippen LogP) is -0.235. The molecule has 0 bridgehead atoms. The summed E-state index contributed by atoms with van der Waals surface area (Å²) in [6, 6.07) is 1.23. The summed E-state index contributed by atoms with van der Waals surface area (Å²) in [7, 11) is -7.33. The lowest BCUT2D eigenvalue weighted by Gasteiger charge is -2.27.